The van der Waals surface area contributed by atoms with E-state index in [1.165, 1.54) is 0 Å². The van der Waals surface area contributed by atoms with Crippen LogP contribution in [0.1, 0.15) is 18.0 Å². The van der Waals surface area contributed by atoms with E-state index >= 15 is 0 Å². The van der Waals surface area contributed by atoms with Gasteiger partial charge in [0.25, 0.3) is 0 Å². The highest BCUT2D eigenvalue weighted by atomic mass is 19.2. The fourth-order valence-corrected chi connectivity index (χ4v) is 1.31. The lowest BCUT2D eigenvalue weighted by Gasteiger charge is -2.14. The minimum atomic E-state index is -1.64. The molecule has 1 aromatic rings. The lowest BCUT2D eigenvalue weighted by molar-refractivity contribution is -0.137. The molecule has 92 valence electrons. The van der Waals surface area contributed by atoms with Gasteiger partial charge >= 0.3 is 5.97 Å². The number of nitrogens with one attached hydrogen (secondary N) is 1. The summed E-state index contributed by atoms with van der Waals surface area (Å²) in [6, 6.07) is 0.167. The standard InChI is InChI=1S/C10H8F3NO3/c11-6-1-5(2-7(12)10(6)13)8(14-4-15)3-9(16)17/h1-2,4,8H,3H2,(H,14,15)(H,16,17)/t8-/m1/s1. The van der Waals surface area contributed by atoms with E-state index < -0.39 is 35.9 Å². The molecule has 0 saturated carbocycles. The molecule has 0 aliphatic carbocycles. The second kappa shape index (κ2) is 5.33. The van der Waals surface area contributed by atoms with Gasteiger partial charge in [0.05, 0.1) is 12.5 Å². The monoisotopic (exact) mass is 247 g/mol. The third-order valence-corrected chi connectivity index (χ3v) is 2.06. The number of halogens is 3. The largest absolute Gasteiger partial charge is 0.481 e. The molecular formula is C10H8F3NO3. The summed E-state index contributed by atoms with van der Waals surface area (Å²) in [4.78, 5) is 20.7. The van der Waals surface area contributed by atoms with Crippen molar-refractivity contribution >= 4 is 12.4 Å². The summed E-state index contributed by atoms with van der Waals surface area (Å²) in [6.45, 7) is 0. The van der Waals surface area contributed by atoms with Gasteiger partial charge in [-0.25, -0.2) is 13.2 Å². The Kier molecular flexibility index (Phi) is 4.08. The summed E-state index contributed by atoms with van der Waals surface area (Å²) in [7, 11) is 0. The molecule has 4 nitrogen and oxygen atoms in total. The number of carboxylic acid groups (broad SMARTS) is 1. The maximum absolute atomic E-state index is 12.9. The molecule has 0 saturated heterocycles. The van der Waals surface area contributed by atoms with Gasteiger partial charge in [-0.1, -0.05) is 0 Å². The Morgan fingerprint density at radius 3 is 2.29 bits per heavy atom. The number of hydrogen-bond donors (Lipinski definition) is 2. The first-order chi connectivity index (χ1) is 7.95. The van der Waals surface area contributed by atoms with Crippen LogP contribution in [0.2, 0.25) is 0 Å². The van der Waals surface area contributed by atoms with E-state index in [0.29, 0.717) is 12.1 Å². The lowest BCUT2D eigenvalue weighted by atomic mass is 10.0. The Balaban J connectivity index is 3.09. The van der Waals surface area contributed by atoms with Crippen molar-refractivity contribution in [2.24, 2.45) is 0 Å². The van der Waals surface area contributed by atoms with Crippen molar-refractivity contribution < 1.29 is 27.9 Å². The Morgan fingerprint density at radius 1 is 1.35 bits per heavy atom. The van der Waals surface area contributed by atoms with Crippen molar-refractivity contribution in [3.63, 3.8) is 0 Å². The predicted molar refractivity (Wildman–Crippen MR) is 50.5 cm³/mol. The Bertz CT molecular complexity index is 427. The molecule has 1 aromatic carbocycles. The molecule has 1 rings (SSSR count). The van der Waals surface area contributed by atoms with Gasteiger partial charge in [-0.15, -0.1) is 0 Å². The van der Waals surface area contributed by atoms with Crippen LogP contribution in [-0.4, -0.2) is 17.5 Å². The van der Waals surface area contributed by atoms with E-state index in [0.717, 1.165) is 0 Å². The molecule has 1 atom stereocenters. The third-order valence-electron chi connectivity index (χ3n) is 2.06. The zero-order chi connectivity index (χ0) is 13.0. The van der Waals surface area contributed by atoms with Crippen LogP contribution in [0.4, 0.5) is 13.2 Å². The fraction of sp³-hybridized carbons (Fsp3) is 0.200. The molecule has 0 unspecified atom stereocenters. The van der Waals surface area contributed by atoms with Crippen LogP contribution in [0, 0.1) is 17.5 Å². The minimum Gasteiger partial charge on any atom is -0.481 e. The number of aliphatic carboxylic acids is 1. The molecule has 0 fully saturated rings. The van der Waals surface area contributed by atoms with E-state index in [4.69, 9.17) is 5.11 Å². The van der Waals surface area contributed by atoms with Crippen LogP contribution in [-0.2, 0) is 9.59 Å². The maximum atomic E-state index is 12.9. The van der Waals surface area contributed by atoms with Gasteiger partial charge in [0.1, 0.15) is 0 Å². The number of hydrogen-bond acceptors (Lipinski definition) is 2. The van der Waals surface area contributed by atoms with Gasteiger partial charge < -0.3 is 10.4 Å². The van der Waals surface area contributed by atoms with E-state index in [-0.39, 0.29) is 12.0 Å². The first-order valence-corrected chi connectivity index (χ1v) is 4.51. The topological polar surface area (TPSA) is 66.4 Å². The second-order valence-corrected chi connectivity index (χ2v) is 3.23. The van der Waals surface area contributed by atoms with Crippen molar-refractivity contribution in [1.82, 2.24) is 5.32 Å². The molecular weight excluding hydrogens is 239 g/mol. The summed E-state index contributed by atoms with van der Waals surface area (Å²) in [5.74, 6) is -5.80. The Hall–Kier alpha value is -2.05. The zero-order valence-corrected chi connectivity index (χ0v) is 8.41. The first kappa shape index (κ1) is 13.0. The molecule has 7 heteroatoms. The van der Waals surface area contributed by atoms with Crippen molar-refractivity contribution in [1.29, 1.82) is 0 Å². The normalized spacial score (nSPS) is 11.9. The number of carbonyl (C=O) groups excluding carboxylic acids is 1. The third kappa shape index (κ3) is 3.20. The fourth-order valence-electron chi connectivity index (χ4n) is 1.31. The molecule has 0 aliphatic heterocycles. The molecule has 2 N–H and O–H groups in total. The van der Waals surface area contributed by atoms with Gasteiger partial charge in [0.2, 0.25) is 6.41 Å². The Morgan fingerprint density at radius 2 is 1.88 bits per heavy atom. The molecule has 0 heterocycles. The quantitative estimate of drug-likeness (QED) is 0.610. The average molecular weight is 247 g/mol. The highest BCUT2D eigenvalue weighted by Gasteiger charge is 2.19. The highest BCUT2D eigenvalue weighted by Crippen LogP contribution is 2.21. The van der Waals surface area contributed by atoms with E-state index in [1.54, 1.807) is 0 Å². The minimum absolute atomic E-state index is 0.157. The molecule has 0 aromatic heterocycles. The van der Waals surface area contributed by atoms with E-state index in [9.17, 15) is 22.8 Å². The van der Waals surface area contributed by atoms with Crippen LogP contribution in [0.3, 0.4) is 0 Å². The molecule has 1 amide bonds. The molecule has 0 aliphatic rings. The van der Waals surface area contributed by atoms with Crippen molar-refractivity contribution in [2.45, 2.75) is 12.5 Å². The van der Waals surface area contributed by atoms with E-state index in [1.807, 2.05) is 0 Å². The summed E-state index contributed by atoms with van der Waals surface area (Å²) in [5.41, 5.74) is -0.157. The van der Waals surface area contributed by atoms with Gasteiger partial charge in [-0.2, -0.15) is 0 Å². The smallest absolute Gasteiger partial charge is 0.305 e. The average Bonchev–Trinajstić information content (AvgIpc) is 2.24. The number of rotatable bonds is 5. The van der Waals surface area contributed by atoms with Crippen molar-refractivity contribution in [3.05, 3.63) is 35.1 Å². The second-order valence-electron chi connectivity index (χ2n) is 3.23. The van der Waals surface area contributed by atoms with Crippen molar-refractivity contribution in [3.8, 4) is 0 Å². The van der Waals surface area contributed by atoms with Crippen LogP contribution < -0.4 is 5.32 Å². The van der Waals surface area contributed by atoms with Gasteiger partial charge in [0.15, 0.2) is 17.5 Å². The number of benzene rings is 1. The summed E-state index contributed by atoms with van der Waals surface area (Å²) in [6.07, 6.45) is -0.365. The van der Waals surface area contributed by atoms with Gasteiger partial charge in [-0.3, -0.25) is 9.59 Å². The van der Waals surface area contributed by atoms with E-state index in [2.05, 4.69) is 5.32 Å². The molecule has 0 spiro atoms. The maximum Gasteiger partial charge on any atom is 0.305 e. The molecule has 0 radical (unpaired) electrons. The van der Waals surface area contributed by atoms with Crippen LogP contribution >= 0.6 is 0 Å². The molecule has 0 bridgehead atoms. The Labute approximate surface area is 94.1 Å². The number of carbonyl (C=O) groups is 2. The number of amides is 1. The van der Waals surface area contributed by atoms with Crippen LogP contribution in [0.15, 0.2) is 12.1 Å². The summed E-state index contributed by atoms with van der Waals surface area (Å²) in [5, 5.41) is 10.6. The lowest BCUT2D eigenvalue weighted by Crippen LogP contribution is -2.23. The zero-order valence-electron chi connectivity index (χ0n) is 8.41. The highest BCUT2D eigenvalue weighted by molar-refractivity contribution is 5.68. The van der Waals surface area contributed by atoms with Crippen LogP contribution in [0.5, 0.6) is 0 Å². The SMILES string of the molecule is O=CN[C@H](CC(=O)O)c1cc(F)c(F)c(F)c1. The summed E-state index contributed by atoms with van der Waals surface area (Å²) >= 11 is 0. The summed E-state index contributed by atoms with van der Waals surface area (Å²) < 4.78 is 38.5. The molecule has 17 heavy (non-hydrogen) atoms. The first-order valence-electron chi connectivity index (χ1n) is 4.51. The van der Waals surface area contributed by atoms with Crippen LogP contribution in [0.25, 0.3) is 0 Å². The van der Waals surface area contributed by atoms with Gasteiger partial charge in [0, 0.05) is 0 Å². The predicted octanol–water partition coefficient (Wildman–Crippen LogP) is 1.37. The van der Waals surface area contributed by atoms with Gasteiger partial charge in [-0.05, 0) is 17.7 Å². The van der Waals surface area contributed by atoms with Crippen molar-refractivity contribution in [2.75, 3.05) is 0 Å². The number of carboxylic acids is 1.